The molecule has 0 heterocycles. The van der Waals surface area contributed by atoms with Crippen molar-refractivity contribution in [1.82, 2.24) is 0 Å². The molecule has 1 aromatic rings. The average Bonchev–Trinajstić information content (AvgIpc) is 3.33. The van der Waals surface area contributed by atoms with Gasteiger partial charge in [-0.25, -0.2) is 4.21 Å². The van der Waals surface area contributed by atoms with Gasteiger partial charge in [-0.2, -0.15) is 4.36 Å². The molecule has 2 aliphatic carbocycles. The lowest BCUT2D eigenvalue weighted by atomic mass is 9.92. The highest BCUT2D eigenvalue weighted by atomic mass is 32.2. The maximum Gasteiger partial charge on any atom is 0.258 e. The van der Waals surface area contributed by atoms with Crippen molar-refractivity contribution < 1.29 is 14.1 Å². The smallest absolute Gasteiger partial charge is 0.258 e. The normalized spacial score (nSPS) is 18.4. The van der Waals surface area contributed by atoms with Crippen LogP contribution in [-0.4, -0.2) is 38.4 Å². The van der Waals surface area contributed by atoms with E-state index in [-0.39, 0.29) is 18.1 Å². The number of hydrogen-bond acceptors (Lipinski definition) is 5. The molecule has 0 bridgehead atoms. The van der Waals surface area contributed by atoms with Gasteiger partial charge in [0.2, 0.25) is 0 Å². The van der Waals surface area contributed by atoms with E-state index >= 15 is 0 Å². The lowest BCUT2D eigenvalue weighted by Gasteiger charge is -2.18. The van der Waals surface area contributed by atoms with Crippen molar-refractivity contribution in [3.8, 4) is 0 Å². The van der Waals surface area contributed by atoms with Crippen LogP contribution in [0.4, 0.5) is 0 Å². The molecule has 0 spiro atoms. The van der Waals surface area contributed by atoms with Gasteiger partial charge >= 0.3 is 0 Å². The number of carbonyl (C=O) groups excluding carboxylic acids is 1. The van der Waals surface area contributed by atoms with Gasteiger partial charge in [-0.05, 0) is 86.4 Å². The molecule has 0 aliphatic heterocycles. The quantitative estimate of drug-likeness (QED) is 0.500. The molecule has 30 heavy (non-hydrogen) atoms. The fraction of sp³-hybridized carbons (Fsp3) is 0.565. The molecule has 0 saturated heterocycles. The van der Waals surface area contributed by atoms with Crippen LogP contribution in [-0.2, 0) is 46.6 Å². The lowest BCUT2D eigenvalue weighted by molar-refractivity contribution is -0.117. The Morgan fingerprint density at radius 1 is 1.20 bits per heavy atom. The van der Waals surface area contributed by atoms with Crippen LogP contribution in [0.5, 0.6) is 0 Å². The number of aryl methyl sites for hydroxylation is 2. The molecule has 5 nitrogen and oxygen atoms in total. The van der Waals surface area contributed by atoms with Crippen LogP contribution in [0.2, 0.25) is 0 Å². The lowest BCUT2D eigenvalue weighted by Crippen LogP contribution is -2.19. The van der Waals surface area contributed by atoms with Crippen molar-refractivity contribution in [1.29, 1.82) is 0 Å². The zero-order chi connectivity index (χ0) is 21.9. The topological polar surface area (TPSA) is 79.1 Å². The molecule has 1 aromatic carbocycles. The molecule has 7 heteroatoms. The van der Waals surface area contributed by atoms with E-state index < -0.39 is 15.3 Å². The summed E-state index contributed by atoms with van der Waals surface area (Å²) < 4.78 is 17.2. The van der Waals surface area contributed by atoms with Gasteiger partial charge in [0.15, 0.2) is 0 Å². The van der Waals surface area contributed by atoms with Gasteiger partial charge in [-0.1, -0.05) is 13.0 Å². The SMILES string of the molecule is CCS(=O)(/C=N/C=C(\SC)C(C)(C)O)=NC(=O)Cc1c2c(cc3c1CCC3)CCC2. The summed E-state index contributed by atoms with van der Waals surface area (Å²) in [6.45, 7) is 5.09. The van der Waals surface area contributed by atoms with Gasteiger partial charge in [-0.15, -0.1) is 11.8 Å². The number of thioether (sulfide) groups is 1. The molecule has 0 radical (unpaired) electrons. The second-order valence-electron chi connectivity index (χ2n) is 8.49. The first kappa shape index (κ1) is 23.2. The van der Waals surface area contributed by atoms with Crippen molar-refractivity contribution in [2.75, 3.05) is 12.0 Å². The highest BCUT2D eigenvalue weighted by Crippen LogP contribution is 2.35. The van der Waals surface area contributed by atoms with Crippen LogP contribution < -0.4 is 0 Å². The molecule has 1 atom stereocenters. The van der Waals surface area contributed by atoms with E-state index in [2.05, 4.69) is 15.4 Å². The van der Waals surface area contributed by atoms with Gasteiger partial charge in [0, 0.05) is 16.9 Å². The molecule has 2 aliphatic rings. The highest BCUT2D eigenvalue weighted by molar-refractivity contribution is 8.06. The highest BCUT2D eigenvalue weighted by Gasteiger charge is 2.25. The summed E-state index contributed by atoms with van der Waals surface area (Å²) in [5.74, 6) is -0.114. The summed E-state index contributed by atoms with van der Waals surface area (Å²) >= 11 is 1.38. The van der Waals surface area contributed by atoms with Crippen molar-refractivity contribution in [2.24, 2.45) is 9.36 Å². The molecule has 164 valence electrons. The molecule has 1 amide bonds. The summed E-state index contributed by atoms with van der Waals surface area (Å²) in [4.78, 5) is 17.6. The largest absolute Gasteiger partial charge is 0.385 e. The van der Waals surface area contributed by atoms with Crippen molar-refractivity contribution >= 4 is 32.9 Å². The van der Waals surface area contributed by atoms with E-state index in [1.807, 2.05) is 6.26 Å². The summed E-state index contributed by atoms with van der Waals surface area (Å²) in [5.41, 5.74) is 6.82. The number of benzene rings is 1. The third kappa shape index (κ3) is 5.24. The predicted molar refractivity (Wildman–Crippen MR) is 127 cm³/mol. The first-order chi connectivity index (χ1) is 14.2. The molecule has 0 fully saturated rings. The number of nitrogens with zero attached hydrogens (tertiary/aromatic N) is 2. The molecule has 0 saturated carbocycles. The second kappa shape index (κ2) is 9.37. The van der Waals surface area contributed by atoms with E-state index in [1.165, 1.54) is 45.8 Å². The summed E-state index contributed by atoms with van der Waals surface area (Å²) in [5, 5.41) is 10.1. The average molecular weight is 449 g/mol. The third-order valence-corrected chi connectivity index (χ3v) is 8.67. The van der Waals surface area contributed by atoms with E-state index in [0.717, 1.165) is 44.1 Å². The van der Waals surface area contributed by atoms with Crippen LogP contribution >= 0.6 is 11.8 Å². The van der Waals surface area contributed by atoms with Gasteiger partial charge in [-0.3, -0.25) is 9.79 Å². The Morgan fingerprint density at radius 2 is 1.80 bits per heavy atom. The zero-order valence-corrected chi connectivity index (χ0v) is 20.0. The van der Waals surface area contributed by atoms with E-state index in [0.29, 0.717) is 4.91 Å². The van der Waals surface area contributed by atoms with Crippen LogP contribution in [0.1, 0.15) is 61.4 Å². The Labute approximate surface area is 184 Å². The van der Waals surface area contributed by atoms with Crippen LogP contribution in [0.15, 0.2) is 26.5 Å². The van der Waals surface area contributed by atoms with Gasteiger partial charge in [0.25, 0.3) is 5.91 Å². The first-order valence-electron chi connectivity index (χ1n) is 10.6. The number of aliphatic hydroxyl groups is 1. The van der Waals surface area contributed by atoms with Crippen LogP contribution in [0.3, 0.4) is 0 Å². The Hall–Kier alpha value is -1.44. The third-order valence-electron chi connectivity index (χ3n) is 5.84. The maximum absolute atomic E-state index is 13.1. The van der Waals surface area contributed by atoms with Gasteiger partial charge in [0.1, 0.15) is 0 Å². The Morgan fingerprint density at radius 3 is 2.30 bits per heavy atom. The molecular weight excluding hydrogens is 416 g/mol. The fourth-order valence-electron chi connectivity index (χ4n) is 4.32. The first-order valence-corrected chi connectivity index (χ1v) is 13.6. The summed E-state index contributed by atoms with van der Waals surface area (Å²) in [6.07, 6.45) is 10.1. The number of amides is 1. The predicted octanol–water partition coefficient (Wildman–Crippen LogP) is 4.22. The molecule has 1 unspecified atom stereocenters. The number of fused-ring (bicyclic) bond motifs is 2. The molecule has 0 aromatic heterocycles. The maximum atomic E-state index is 13.1. The van der Waals surface area contributed by atoms with Gasteiger partial charge in [0.05, 0.1) is 27.3 Å². The standard InChI is InChI=1S/C23H32N2O3S2/c1-5-30(28,15-24-14-21(29-4)23(2,3)27)25-22(26)13-20-18-10-6-8-16(18)12-17-9-7-11-19(17)20/h12,14-15,27H,5-11,13H2,1-4H3/b21-14-,24-15+. The minimum absolute atomic E-state index is 0.220. The van der Waals surface area contributed by atoms with Crippen LogP contribution in [0, 0.1) is 0 Å². The summed E-state index contributed by atoms with van der Waals surface area (Å²) in [7, 11) is -2.88. The number of hydrogen-bond donors (Lipinski definition) is 1. The Balaban J connectivity index is 1.86. The summed E-state index contributed by atoms with van der Waals surface area (Å²) in [6, 6.07) is 2.34. The molecule has 1 N–H and O–H groups in total. The van der Waals surface area contributed by atoms with Crippen molar-refractivity contribution in [3.05, 3.63) is 45.0 Å². The van der Waals surface area contributed by atoms with Crippen LogP contribution in [0.25, 0.3) is 0 Å². The fourth-order valence-corrected chi connectivity index (χ4v) is 5.97. The molecular formula is C23H32N2O3S2. The van der Waals surface area contributed by atoms with E-state index in [4.69, 9.17) is 0 Å². The second-order valence-corrected chi connectivity index (χ2v) is 11.7. The number of carbonyl (C=O) groups is 1. The Kier molecular flexibility index (Phi) is 7.25. The van der Waals surface area contributed by atoms with E-state index in [9.17, 15) is 14.1 Å². The monoisotopic (exact) mass is 448 g/mol. The molecule has 3 rings (SSSR count). The minimum atomic E-state index is -2.88. The van der Waals surface area contributed by atoms with Gasteiger partial charge < -0.3 is 5.11 Å². The minimum Gasteiger partial charge on any atom is -0.385 e. The van der Waals surface area contributed by atoms with Crippen molar-refractivity contribution in [3.63, 3.8) is 0 Å². The van der Waals surface area contributed by atoms with E-state index in [1.54, 1.807) is 20.8 Å². The number of rotatable bonds is 7. The Bertz CT molecular complexity index is 978. The zero-order valence-electron chi connectivity index (χ0n) is 18.4. The van der Waals surface area contributed by atoms with Crippen molar-refractivity contribution in [2.45, 2.75) is 71.3 Å². The number of aliphatic imine (C=N–C) groups is 1.